The van der Waals surface area contributed by atoms with Gasteiger partial charge in [-0.1, -0.05) is 24.6 Å². The van der Waals surface area contributed by atoms with E-state index in [4.69, 9.17) is 5.73 Å². The zero-order valence-electron chi connectivity index (χ0n) is 10.8. The topological polar surface area (TPSA) is 43.1 Å². The van der Waals surface area contributed by atoms with Crippen molar-refractivity contribution in [3.63, 3.8) is 0 Å². The lowest BCUT2D eigenvalue weighted by atomic mass is 9.79. The highest BCUT2D eigenvalue weighted by Crippen LogP contribution is 2.37. The fourth-order valence-electron chi connectivity index (χ4n) is 3.18. The van der Waals surface area contributed by atoms with Crippen molar-refractivity contribution in [2.45, 2.75) is 50.5 Å². The molecule has 1 aromatic rings. The maximum atomic E-state index is 12.4. The largest absolute Gasteiger partial charge is 0.328 e. The molecule has 0 saturated heterocycles. The summed E-state index contributed by atoms with van der Waals surface area (Å²) in [7, 11) is 0. The summed E-state index contributed by atoms with van der Waals surface area (Å²) >= 11 is 0. The summed E-state index contributed by atoms with van der Waals surface area (Å²) in [5.74, 6) is 1.17. The Balaban J connectivity index is 1.76. The number of Topliss-reactive ketones (excluding diaryl/α,β-unsaturated/α-hetero) is 1. The van der Waals surface area contributed by atoms with Gasteiger partial charge in [0.2, 0.25) is 0 Å². The predicted octanol–water partition coefficient (Wildman–Crippen LogP) is 3.26. The van der Waals surface area contributed by atoms with E-state index in [0.717, 1.165) is 24.8 Å². The summed E-state index contributed by atoms with van der Waals surface area (Å²) < 4.78 is 0. The molecular formula is C16H21NO. The molecule has 0 heterocycles. The first kappa shape index (κ1) is 11.9. The van der Waals surface area contributed by atoms with Crippen LogP contribution in [0.5, 0.6) is 0 Å². The van der Waals surface area contributed by atoms with E-state index in [-0.39, 0.29) is 12.0 Å². The Bertz CT molecular complexity index is 450. The lowest BCUT2D eigenvalue weighted by Gasteiger charge is -2.26. The minimum atomic E-state index is 0.164. The third-order valence-corrected chi connectivity index (χ3v) is 4.59. The van der Waals surface area contributed by atoms with E-state index < -0.39 is 0 Å². The molecule has 2 atom stereocenters. The SMILES string of the molecule is NC1CCC(C(=O)c2cccc(C3CCC3)c2)C1. The van der Waals surface area contributed by atoms with Crippen LogP contribution in [0.4, 0.5) is 0 Å². The lowest BCUT2D eigenvalue weighted by Crippen LogP contribution is -2.18. The van der Waals surface area contributed by atoms with Gasteiger partial charge in [0.1, 0.15) is 0 Å². The Morgan fingerprint density at radius 1 is 1.17 bits per heavy atom. The van der Waals surface area contributed by atoms with E-state index in [2.05, 4.69) is 12.1 Å². The molecule has 2 N–H and O–H groups in total. The normalized spacial score (nSPS) is 28.1. The number of rotatable bonds is 3. The van der Waals surface area contributed by atoms with Gasteiger partial charge in [0, 0.05) is 17.5 Å². The molecule has 96 valence electrons. The summed E-state index contributed by atoms with van der Waals surface area (Å²) in [6, 6.07) is 8.52. The van der Waals surface area contributed by atoms with Crippen molar-refractivity contribution in [2.24, 2.45) is 11.7 Å². The van der Waals surface area contributed by atoms with Crippen molar-refractivity contribution in [1.29, 1.82) is 0 Å². The summed E-state index contributed by atoms with van der Waals surface area (Å²) in [5, 5.41) is 0. The minimum Gasteiger partial charge on any atom is -0.328 e. The van der Waals surface area contributed by atoms with Crippen molar-refractivity contribution in [2.75, 3.05) is 0 Å². The average molecular weight is 243 g/mol. The number of carbonyl (C=O) groups excluding carboxylic acids is 1. The van der Waals surface area contributed by atoms with Crippen LogP contribution in [0.25, 0.3) is 0 Å². The standard InChI is InChI=1S/C16H21NO/c17-15-8-7-14(10-15)16(18)13-6-2-5-12(9-13)11-3-1-4-11/h2,5-6,9,11,14-15H,1,3-4,7-8,10,17H2. The Hall–Kier alpha value is -1.15. The van der Waals surface area contributed by atoms with Crippen molar-refractivity contribution in [1.82, 2.24) is 0 Å². The van der Waals surface area contributed by atoms with Crippen LogP contribution in [-0.4, -0.2) is 11.8 Å². The highest BCUT2D eigenvalue weighted by Gasteiger charge is 2.29. The van der Waals surface area contributed by atoms with Gasteiger partial charge in [-0.25, -0.2) is 0 Å². The third kappa shape index (κ3) is 2.22. The highest BCUT2D eigenvalue weighted by molar-refractivity contribution is 5.98. The molecule has 2 aliphatic rings. The molecule has 0 spiro atoms. The monoisotopic (exact) mass is 243 g/mol. The van der Waals surface area contributed by atoms with Crippen LogP contribution in [0.1, 0.15) is 60.4 Å². The molecule has 3 rings (SSSR count). The van der Waals surface area contributed by atoms with E-state index in [0.29, 0.717) is 11.7 Å². The molecule has 2 aliphatic carbocycles. The van der Waals surface area contributed by atoms with Crippen LogP contribution >= 0.6 is 0 Å². The number of nitrogens with two attached hydrogens (primary N) is 1. The first-order chi connectivity index (χ1) is 8.74. The van der Waals surface area contributed by atoms with Gasteiger partial charge >= 0.3 is 0 Å². The molecular weight excluding hydrogens is 222 g/mol. The third-order valence-electron chi connectivity index (χ3n) is 4.59. The molecule has 2 nitrogen and oxygen atoms in total. The van der Waals surface area contributed by atoms with Gasteiger partial charge < -0.3 is 5.73 Å². The number of carbonyl (C=O) groups is 1. The molecule has 0 radical (unpaired) electrons. The molecule has 2 heteroatoms. The molecule has 2 unspecified atom stereocenters. The van der Waals surface area contributed by atoms with Crippen molar-refractivity contribution >= 4 is 5.78 Å². The highest BCUT2D eigenvalue weighted by atomic mass is 16.1. The maximum absolute atomic E-state index is 12.4. The number of ketones is 1. The first-order valence-electron chi connectivity index (χ1n) is 7.14. The van der Waals surface area contributed by atoms with Gasteiger partial charge in [-0.3, -0.25) is 4.79 Å². The first-order valence-corrected chi connectivity index (χ1v) is 7.14. The van der Waals surface area contributed by atoms with Crippen molar-refractivity contribution < 1.29 is 4.79 Å². The van der Waals surface area contributed by atoms with Gasteiger partial charge in [0.05, 0.1) is 0 Å². The zero-order chi connectivity index (χ0) is 12.5. The van der Waals surface area contributed by atoms with E-state index >= 15 is 0 Å². The Labute approximate surface area is 109 Å². The van der Waals surface area contributed by atoms with E-state index in [1.807, 2.05) is 12.1 Å². The smallest absolute Gasteiger partial charge is 0.166 e. The molecule has 0 aromatic heterocycles. The van der Waals surface area contributed by atoms with E-state index in [1.54, 1.807) is 0 Å². The van der Waals surface area contributed by atoms with Crippen LogP contribution in [0.3, 0.4) is 0 Å². The molecule has 0 bridgehead atoms. The Kier molecular flexibility index (Phi) is 3.21. The second kappa shape index (κ2) is 4.85. The summed E-state index contributed by atoms with van der Waals surface area (Å²) in [4.78, 5) is 12.4. The lowest BCUT2D eigenvalue weighted by molar-refractivity contribution is 0.0921. The second-order valence-electron chi connectivity index (χ2n) is 5.89. The minimum absolute atomic E-state index is 0.164. The fourth-order valence-corrected chi connectivity index (χ4v) is 3.18. The number of hydrogen-bond donors (Lipinski definition) is 1. The van der Waals surface area contributed by atoms with Crippen LogP contribution in [0.2, 0.25) is 0 Å². The van der Waals surface area contributed by atoms with Crippen LogP contribution < -0.4 is 5.73 Å². The number of hydrogen-bond acceptors (Lipinski definition) is 2. The van der Waals surface area contributed by atoms with Crippen LogP contribution in [0, 0.1) is 5.92 Å². The van der Waals surface area contributed by atoms with Crippen molar-refractivity contribution in [3.05, 3.63) is 35.4 Å². The van der Waals surface area contributed by atoms with Gasteiger partial charge in [-0.15, -0.1) is 0 Å². The Morgan fingerprint density at radius 2 is 2.00 bits per heavy atom. The summed E-state index contributed by atoms with van der Waals surface area (Å²) in [6.07, 6.45) is 6.73. The van der Waals surface area contributed by atoms with E-state index in [1.165, 1.54) is 24.8 Å². The molecule has 0 aliphatic heterocycles. The zero-order valence-corrected chi connectivity index (χ0v) is 10.8. The predicted molar refractivity (Wildman–Crippen MR) is 72.7 cm³/mol. The fraction of sp³-hybridized carbons (Fsp3) is 0.562. The summed E-state index contributed by atoms with van der Waals surface area (Å²) in [5.41, 5.74) is 8.15. The van der Waals surface area contributed by atoms with Crippen LogP contribution in [-0.2, 0) is 0 Å². The van der Waals surface area contributed by atoms with Crippen LogP contribution in [0.15, 0.2) is 24.3 Å². The summed E-state index contributed by atoms with van der Waals surface area (Å²) in [6.45, 7) is 0. The van der Waals surface area contributed by atoms with Crippen molar-refractivity contribution in [3.8, 4) is 0 Å². The Morgan fingerprint density at radius 3 is 2.61 bits per heavy atom. The number of benzene rings is 1. The van der Waals surface area contributed by atoms with Gasteiger partial charge in [0.15, 0.2) is 5.78 Å². The van der Waals surface area contributed by atoms with Gasteiger partial charge in [-0.05, 0) is 49.7 Å². The van der Waals surface area contributed by atoms with Gasteiger partial charge in [0.25, 0.3) is 0 Å². The molecule has 2 fully saturated rings. The molecule has 0 amide bonds. The van der Waals surface area contributed by atoms with E-state index in [9.17, 15) is 4.79 Å². The average Bonchev–Trinajstić information content (AvgIpc) is 2.73. The quantitative estimate of drug-likeness (QED) is 0.828. The molecule has 1 aromatic carbocycles. The maximum Gasteiger partial charge on any atom is 0.166 e. The second-order valence-corrected chi connectivity index (χ2v) is 5.89. The molecule has 2 saturated carbocycles. The molecule has 18 heavy (non-hydrogen) atoms. The van der Waals surface area contributed by atoms with Gasteiger partial charge in [-0.2, -0.15) is 0 Å².